The van der Waals surface area contributed by atoms with Gasteiger partial charge in [0.2, 0.25) is 0 Å². The lowest BCUT2D eigenvalue weighted by Crippen LogP contribution is -2.63. The van der Waals surface area contributed by atoms with Gasteiger partial charge in [0.1, 0.15) is 16.9 Å². The average molecular weight is 806 g/mol. The van der Waals surface area contributed by atoms with Gasteiger partial charge in [0.25, 0.3) is 12.0 Å². The van der Waals surface area contributed by atoms with Gasteiger partial charge in [-0.15, -0.1) is 0 Å². The fourth-order valence-electron chi connectivity index (χ4n) is 5.97. The van der Waals surface area contributed by atoms with Crippen molar-refractivity contribution in [3.8, 4) is 22.6 Å². The van der Waals surface area contributed by atoms with Crippen LogP contribution in [0.2, 0.25) is 0 Å². The second-order valence-electron chi connectivity index (χ2n) is 13.0. The molecule has 4 heterocycles. The van der Waals surface area contributed by atoms with Crippen LogP contribution in [0.1, 0.15) is 26.3 Å². The van der Waals surface area contributed by atoms with Crippen LogP contribution in [0.25, 0.3) is 22.0 Å². The fourth-order valence-corrected chi connectivity index (χ4v) is 7.30. The number of rotatable bonds is 7. The van der Waals surface area contributed by atoms with E-state index in [0.29, 0.717) is 55.6 Å². The van der Waals surface area contributed by atoms with Gasteiger partial charge in [0.05, 0.1) is 12.8 Å². The van der Waals surface area contributed by atoms with Crippen LogP contribution in [0.4, 0.5) is 14.9 Å². The molecule has 49 heavy (non-hydrogen) atoms. The second-order valence-corrected chi connectivity index (χ2v) is 14.7. The van der Waals surface area contributed by atoms with E-state index in [0.717, 1.165) is 35.2 Å². The number of carbonyl (C=O) groups excluding carboxylic acids is 2. The Kier molecular flexibility index (Phi) is 11.5. The first kappa shape index (κ1) is 36.5. The topological polar surface area (TPSA) is 98.5 Å². The Morgan fingerprint density at radius 2 is 1.73 bits per heavy atom. The number of pyridine rings is 1. The molecule has 4 aromatic rings. The van der Waals surface area contributed by atoms with Gasteiger partial charge in [-0.1, -0.05) is 17.7 Å². The van der Waals surface area contributed by atoms with Crippen molar-refractivity contribution in [2.75, 3.05) is 51.3 Å². The normalized spacial score (nSPS) is 15.3. The van der Waals surface area contributed by atoms with Crippen LogP contribution in [0.3, 0.4) is 0 Å². The highest BCUT2D eigenvalue weighted by molar-refractivity contribution is 14.2. The van der Waals surface area contributed by atoms with Crippen molar-refractivity contribution in [3.05, 3.63) is 76.6 Å². The highest BCUT2D eigenvalue weighted by Gasteiger charge is 2.36. The Bertz CT molecular complexity index is 1880. The predicted molar refractivity (Wildman–Crippen MR) is 199 cm³/mol. The van der Waals surface area contributed by atoms with Gasteiger partial charge in [0.15, 0.2) is 11.6 Å². The van der Waals surface area contributed by atoms with E-state index in [1.54, 1.807) is 28.6 Å². The Morgan fingerprint density at radius 1 is 1.04 bits per heavy atom. The van der Waals surface area contributed by atoms with Gasteiger partial charge >= 0.3 is 6.09 Å². The molecule has 2 aromatic carbocycles. The highest BCUT2D eigenvalue weighted by Crippen LogP contribution is 2.40. The molecular formula is C35H41FIN5O6S. The van der Waals surface area contributed by atoms with Crippen LogP contribution in [-0.2, 0) is 21.3 Å². The minimum atomic E-state index is -0.514. The summed E-state index contributed by atoms with van der Waals surface area (Å²) < 4.78 is 35.1. The molecule has 0 N–H and O–H groups in total. The van der Waals surface area contributed by atoms with Crippen LogP contribution in [-0.4, -0.2) is 88.9 Å². The highest BCUT2D eigenvalue weighted by atomic mass is 127. The number of amides is 1. The number of aryl methyl sites for hydroxylation is 2. The smallest absolute Gasteiger partial charge is 0.410 e. The molecule has 11 nitrogen and oxygen atoms in total. The lowest BCUT2D eigenvalue weighted by molar-refractivity contribution is -0.126. The summed E-state index contributed by atoms with van der Waals surface area (Å²) in [5.74, 6) is 0.250. The molecule has 0 unspecified atom stereocenters. The number of hydrogen-bond acceptors (Lipinski definition) is 9. The molecule has 2 fully saturated rings. The number of nitrogens with zero attached hydrogens (tertiary/aromatic N) is 5. The summed E-state index contributed by atoms with van der Waals surface area (Å²) in [5.41, 5.74) is 3.14. The van der Waals surface area contributed by atoms with E-state index in [-0.39, 0.29) is 17.4 Å². The molecule has 14 heteroatoms. The summed E-state index contributed by atoms with van der Waals surface area (Å²) >= 11 is 2.16. The molecule has 2 saturated heterocycles. The molecule has 0 bridgehead atoms. The van der Waals surface area contributed by atoms with Gasteiger partial charge in [-0.05, 0) is 58.0 Å². The molecule has 0 aliphatic carbocycles. The van der Waals surface area contributed by atoms with Crippen LogP contribution >= 0.6 is 30.3 Å². The standard InChI is InChI=1S/C33H37FIN5O4S.C2H4O2/c1-21-9-10-27(24(17-21)25-20-36(5)31(41)30-23(25)11-12-40(30)45-35)43-28-8-6-7-26(29(28)34)39-18-22(19-39)37-13-15-38(16-14-37)32(42)44-33(2,3)4;1-4-2-3/h6-12,17,20,22H,13-16,18-19H2,1-5H3;2H,1H3. The molecule has 1 amide bonds. The summed E-state index contributed by atoms with van der Waals surface area (Å²) in [6.07, 6.45) is 3.43. The van der Waals surface area contributed by atoms with E-state index in [9.17, 15) is 9.59 Å². The van der Waals surface area contributed by atoms with Crippen molar-refractivity contribution in [2.45, 2.75) is 39.3 Å². The number of methoxy groups -OCH3 is 1. The molecule has 2 aliphatic heterocycles. The molecule has 2 aliphatic rings. The van der Waals surface area contributed by atoms with E-state index < -0.39 is 11.4 Å². The van der Waals surface area contributed by atoms with Crippen molar-refractivity contribution in [2.24, 2.45) is 7.05 Å². The van der Waals surface area contributed by atoms with Gasteiger partial charge in [-0.3, -0.25) is 18.5 Å². The monoisotopic (exact) mass is 805 g/mol. The van der Waals surface area contributed by atoms with Crippen LogP contribution < -0.4 is 15.2 Å². The Morgan fingerprint density at radius 3 is 2.37 bits per heavy atom. The van der Waals surface area contributed by atoms with Crippen molar-refractivity contribution in [1.82, 2.24) is 18.3 Å². The summed E-state index contributed by atoms with van der Waals surface area (Å²) in [5, 5.41) is 0.811. The van der Waals surface area contributed by atoms with E-state index in [1.165, 1.54) is 16.2 Å². The number of fused-ring (bicyclic) bond motifs is 1. The van der Waals surface area contributed by atoms with E-state index in [1.807, 2.05) is 79.3 Å². The van der Waals surface area contributed by atoms with Crippen molar-refractivity contribution < 1.29 is 28.2 Å². The SMILES string of the molecule is COC=O.Cc1ccc(Oc2cccc(N3CC(N4CCN(C(=O)OC(C)(C)C)CC4)C3)c2F)c(-c2cn(C)c(=O)c3c2ccn3SI)c1. The molecular weight excluding hydrogens is 764 g/mol. The maximum atomic E-state index is 16.0. The first-order valence-electron chi connectivity index (χ1n) is 15.9. The number of piperazine rings is 1. The van der Waals surface area contributed by atoms with Gasteiger partial charge in [0, 0.05) is 112 Å². The van der Waals surface area contributed by atoms with Gasteiger partial charge in [-0.25, -0.2) is 9.18 Å². The van der Waals surface area contributed by atoms with E-state index in [2.05, 4.69) is 30.8 Å². The van der Waals surface area contributed by atoms with Crippen LogP contribution in [0.15, 0.2) is 59.7 Å². The van der Waals surface area contributed by atoms with E-state index >= 15 is 4.39 Å². The molecule has 6 rings (SSSR count). The minimum absolute atomic E-state index is 0.0884. The zero-order chi connectivity index (χ0) is 35.5. The van der Waals surface area contributed by atoms with Gasteiger partial charge < -0.3 is 28.6 Å². The molecule has 262 valence electrons. The molecule has 0 spiro atoms. The largest absolute Gasteiger partial charge is 0.471 e. The van der Waals surface area contributed by atoms with Gasteiger partial charge in [-0.2, -0.15) is 0 Å². The van der Waals surface area contributed by atoms with Crippen LogP contribution in [0.5, 0.6) is 11.5 Å². The Hall–Kier alpha value is -3.76. The van der Waals surface area contributed by atoms with E-state index in [4.69, 9.17) is 14.3 Å². The minimum Gasteiger partial charge on any atom is -0.471 e. The van der Waals surface area contributed by atoms with Crippen molar-refractivity contribution >= 4 is 59.5 Å². The number of halogens is 2. The lowest BCUT2D eigenvalue weighted by Gasteiger charge is -2.49. The summed E-state index contributed by atoms with van der Waals surface area (Å²) in [7, 11) is 4.48. The lowest BCUT2D eigenvalue weighted by atomic mass is 10.0. The summed E-state index contributed by atoms with van der Waals surface area (Å²) in [6, 6.07) is 13.3. The maximum absolute atomic E-state index is 16.0. The fraction of sp³-hybridized carbons (Fsp3) is 0.400. The third-order valence-corrected chi connectivity index (χ3v) is 10.2. The number of carbonyl (C=O) groups is 2. The van der Waals surface area contributed by atoms with Crippen molar-refractivity contribution in [1.29, 1.82) is 0 Å². The Balaban J connectivity index is 0.00000111. The maximum Gasteiger partial charge on any atom is 0.410 e. The molecule has 0 radical (unpaired) electrons. The summed E-state index contributed by atoms with van der Waals surface area (Å²) in [4.78, 5) is 40.5. The first-order chi connectivity index (χ1) is 23.3. The molecule has 2 aromatic heterocycles. The summed E-state index contributed by atoms with van der Waals surface area (Å²) in [6.45, 7) is 12.1. The third kappa shape index (κ3) is 8.18. The first-order valence-corrected chi connectivity index (χ1v) is 19.2. The number of aromatic nitrogens is 2. The van der Waals surface area contributed by atoms with Crippen LogP contribution in [0, 0.1) is 12.7 Å². The molecule has 0 saturated carbocycles. The second kappa shape index (κ2) is 15.4. The quantitative estimate of drug-likeness (QED) is 0.151. The average Bonchev–Trinajstić information content (AvgIpc) is 3.49. The zero-order valence-corrected chi connectivity index (χ0v) is 31.4. The predicted octanol–water partition coefficient (Wildman–Crippen LogP) is 6.62. The Labute approximate surface area is 301 Å². The van der Waals surface area contributed by atoms with Crippen molar-refractivity contribution in [3.63, 3.8) is 0 Å². The zero-order valence-electron chi connectivity index (χ0n) is 28.4. The number of hydrogen-bond donors (Lipinski definition) is 0. The third-order valence-electron chi connectivity index (χ3n) is 8.43. The number of ether oxygens (including phenoxy) is 3. The molecule has 0 atom stereocenters. The number of anilines is 1. The number of benzene rings is 2.